The zero-order chi connectivity index (χ0) is 7.61. The van der Waals surface area contributed by atoms with Gasteiger partial charge in [0.05, 0.1) is 0 Å². The highest BCUT2D eigenvalue weighted by atomic mass is 19.3. The molecule has 1 saturated carbocycles. The van der Waals surface area contributed by atoms with Crippen LogP contribution in [-0.2, 0) is 0 Å². The topological polar surface area (TPSA) is 0 Å². The Bertz CT molecular complexity index is 110. The average Bonchev–Trinajstić information content (AvgIpc) is 1.96. The first-order chi connectivity index (χ1) is 4.63. The molecule has 0 aromatic carbocycles. The predicted molar refractivity (Wildman–Crippen MR) is 36.9 cm³/mol. The smallest absolute Gasteiger partial charge is 0.207 e. The number of alkyl halides is 2. The van der Waals surface area contributed by atoms with E-state index in [4.69, 9.17) is 0 Å². The normalized spacial score (nSPS) is 33.3. The lowest BCUT2D eigenvalue weighted by atomic mass is 9.99. The van der Waals surface area contributed by atoms with Gasteiger partial charge in [-0.2, -0.15) is 0 Å². The Morgan fingerprint density at radius 1 is 1.20 bits per heavy atom. The lowest BCUT2D eigenvalue weighted by Gasteiger charge is -2.19. The van der Waals surface area contributed by atoms with E-state index in [0.717, 1.165) is 12.8 Å². The fourth-order valence-electron chi connectivity index (χ4n) is 1.34. The molecular weight excluding hydrogens is 134 g/mol. The lowest BCUT2D eigenvalue weighted by Crippen LogP contribution is -2.24. The molecule has 1 fully saturated rings. The van der Waals surface area contributed by atoms with Crippen molar-refractivity contribution in [1.82, 2.24) is 0 Å². The summed E-state index contributed by atoms with van der Waals surface area (Å²) in [5.74, 6) is -3.13. The summed E-state index contributed by atoms with van der Waals surface area (Å²) in [7, 11) is 0. The molecule has 1 aliphatic carbocycles. The maximum absolute atomic E-state index is 12.8. The van der Waals surface area contributed by atoms with E-state index in [-0.39, 0.29) is 6.42 Å². The zero-order valence-electron chi connectivity index (χ0n) is 6.08. The van der Waals surface area contributed by atoms with E-state index in [1.807, 2.05) is 0 Å². The summed E-state index contributed by atoms with van der Waals surface area (Å²) in [6.07, 6.45) is 3.17. The third-order valence-electron chi connectivity index (χ3n) is 2.16. The van der Waals surface area contributed by atoms with Crippen LogP contribution in [0, 0.1) is 12.8 Å². The van der Waals surface area contributed by atoms with Crippen LogP contribution in [0.1, 0.15) is 32.1 Å². The molecule has 0 N–H and O–H groups in total. The summed E-state index contributed by atoms with van der Waals surface area (Å²) in [6, 6.07) is 0. The Hall–Kier alpha value is -0.140. The van der Waals surface area contributed by atoms with E-state index < -0.39 is 11.8 Å². The van der Waals surface area contributed by atoms with Gasteiger partial charge in [0.1, 0.15) is 0 Å². The molecule has 0 heterocycles. The first-order valence-electron chi connectivity index (χ1n) is 3.84. The molecule has 1 aliphatic rings. The highest BCUT2D eigenvalue weighted by Crippen LogP contribution is 2.36. The summed E-state index contributed by atoms with van der Waals surface area (Å²) in [6.45, 7) is 3.46. The average molecular weight is 147 g/mol. The summed E-state index contributed by atoms with van der Waals surface area (Å²) in [5.41, 5.74) is 0. The van der Waals surface area contributed by atoms with Crippen molar-refractivity contribution in [1.29, 1.82) is 0 Å². The monoisotopic (exact) mass is 147 g/mol. The molecule has 0 nitrogen and oxygen atoms in total. The van der Waals surface area contributed by atoms with Crippen LogP contribution in [0.5, 0.6) is 0 Å². The molecule has 1 atom stereocenters. The Kier molecular flexibility index (Phi) is 2.27. The van der Waals surface area contributed by atoms with E-state index in [0.29, 0.717) is 12.8 Å². The van der Waals surface area contributed by atoms with Crippen LogP contribution < -0.4 is 0 Å². The van der Waals surface area contributed by atoms with Gasteiger partial charge in [-0.1, -0.05) is 12.8 Å². The highest BCUT2D eigenvalue weighted by molar-refractivity contribution is 4.81. The van der Waals surface area contributed by atoms with Gasteiger partial charge in [-0.3, -0.25) is 0 Å². The minimum atomic E-state index is -2.49. The molecular formula is C8H13F2. The van der Waals surface area contributed by atoms with Crippen molar-refractivity contribution >= 4 is 0 Å². The molecule has 0 bridgehead atoms. The molecule has 1 rings (SSSR count). The molecule has 0 saturated heterocycles. The summed E-state index contributed by atoms with van der Waals surface area (Å²) in [5, 5.41) is 0. The van der Waals surface area contributed by atoms with Gasteiger partial charge in [-0.25, -0.2) is 8.78 Å². The van der Waals surface area contributed by atoms with Gasteiger partial charge in [0, 0.05) is 12.3 Å². The fraction of sp³-hybridized carbons (Fsp3) is 0.875. The second-order valence-corrected chi connectivity index (χ2v) is 3.06. The second kappa shape index (κ2) is 2.85. The van der Waals surface area contributed by atoms with E-state index in [1.54, 1.807) is 0 Å². The van der Waals surface area contributed by atoms with Crippen molar-refractivity contribution in [3.8, 4) is 0 Å². The molecule has 0 aliphatic heterocycles. The van der Waals surface area contributed by atoms with Gasteiger partial charge in [0.25, 0.3) is 5.92 Å². The molecule has 0 spiro atoms. The summed E-state index contributed by atoms with van der Waals surface area (Å²) in [4.78, 5) is 0. The van der Waals surface area contributed by atoms with Gasteiger partial charge in [-0.05, 0) is 19.8 Å². The number of hydrogen-bond donors (Lipinski definition) is 0. The third-order valence-corrected chi connectivity index (χ3v) is 2.16. The Labute approximate surface area is 60.6 Å². The largest absolute Gasteiger partial charge is 0.250 e. The molecule has 2 heteroatoms. The fourth-order valence-corrected chi connectivity index (χ4v) is 1.34. The van der Waals surface area contributed by atoms with Gasteiger partial charge >= 0.3 is 0 Å². The van der Waals surface area contributed by atoms with Crippen LogP contribution in [0.15, 0.2) is 0 Å². The predicted octanol–water partition coefficient (Wildman–Crippen LogP) is 3.04. The number of halogens is 2. The minimum absolute atomic E-state index is 0.0428. The van der Waals surface area contributed by atoms with Crippen LogP contribution in [0.25, 0.3) is 0 Å². The van der Waals surface area contributed by atoms with Gasteiger partial charge in [-0.15, -0.1) is 0 Å². The summed E-state index contributed by atoms with van der Waals surface area (Å²) >= 11 is 0. The minimum Gasteiger partial charge on any atom is -0.207 e. The Balaban J connectivity index is 2.52. The van der Waals surface area contributed by atoms with Crippen molar-refractivity contribution in [2.75, 3.05) is 0 Å². The summed E-state index contributed by atoms with van der Waals surface area (Å²) < 4.78 is 25.6. The lowest BCUT2D eigenvalue weighted by molar-refractivity contribution is -0.0469. The highest BCUT2D eigenvalue weighted by Gasteiger charge is 2.36. The van der Waals surface area contributed by atoms with Crippen molar-refractivity contribution in [2.24, 2.45) is 5.92 Å². The third kappa shape index (κ3) is 1.68. The zero-order valence-corrected chi connectivity index (χ0v) is 6.08. The van der Waals surface area contributed by atoms with Crippen LogP contribution in [0.3, 0.4) is 0 Å². The maximum atomic E-state index is 12.8. The van der Waals surface area contributed by atoms with Crippen LogP contribution >= 0.6 is 0 Å². The molecule has 0 aromatic heterocycles. The first-order valence-corrected chi connectivity index (χ1v) is 3.84. The van der Waals surface area contributed by atoms with Crippen LogP contribution in [-0.4, -0.2) is 5.92 Å². The standard InChI is InChI=1S/C8H13F2/c1-7-5-3-2-4-6-8(7,9)10/h7H,1-6H2. The van der Waals surface area contributed by atoms with Crippen molar-refractivity contribution < 1.29 is 8.78 Å². The van der Waals surface area contributed by atoms with Gasteiger partial charge in [0.2, 0.25) is 0 Å². The Morgan fingerprint density at radius 2 is 1.90 bits per heavy atom. The van der Waals surface area contributed by atoms with E-state index >= 15 is 0 Å². The van der Waals surface area contributed by atoms with Gasteiger partial charge in [0.15, 0.2) is 0 Å². The van der Waals surface area contributed by atoms with E-state index in [9.17, 15) is 8.78 Å². The maximum Gasteiger partial charge on any atom is 0.250 e. The van der Waals surface area contributed by atoms with Crippen molar-refractivity contribution in [3.05, 3.63) is 6.92 Å². The van der Waals surface area contributed by atoms with E-state index in [1.165, 1.54) is 0 Å². The Morgan fingerprint density at radius 3 is 2.60 bits per heavy atom. The molecule has 59 valence electrons. The first kappa shape index (κ1) is 7.96. The molecule has 10 heavy (non-hydrogen) atoms. The molecule has 0 amide bonds. The van der Waals surface area contributed by atoms with Gasteiger partial charge < -0.3 is 0 Å². The van der Waals surface area contributed by atoms with Crippen LogP contribution in [0.2, 0.25) is 0 Å². The van der Waals surface area contributed by atoms with E-state index in [2.05, 4.69) is 6.92 Å². The van der Waals surface area contributed by atoms with Crippen LogP contribution in [0.4, 0.5) is 8.78 Å². The SMILES string of the molecule is [CH2]C1CCCCCC1(F)F. The second-order valence-electron chi connectivity index (χ2n) is 3.06. The number of rotatable bonds is 0. The number of hydrogen-bond acceptors (Lipinski definition) is 0. The van der Waals surface area contributed by atoms with Crippen molar-refractivity contribution in [3.63, 3.8) is 0 Å². The molecule has 1 unspecified atom stereocenters. The molecule has 0 aromatic rings. The van der Waals surface area contributed by atoms with Crippen molar-refractivity contribution in [2.45, 2.75) is 38.0 Å². The molecule has 1 radical (unpaired) electrons. The quantitative estimate of drug-likeness (QED) is 0.462.